The van der Waals surface area contributed by atoms with Crippen molar-refractivity contribution in [1.82, 2.24) is 0 Å². The standard InChI is InChI=1S/C33H28F2O/c1-3-4-5-16-36-29-13-15-31-28(19-29)18-27-17-23(8-14-30(27)31)7-10-24-11-12-26(21-33(24)35)25-9-6-22(2)32(34)20-25/h6,8-9,11-15,17,19-21H,3-5,16,18H2,1-2H3. The summed E-state index contributed by atoms with van der Waals surface area (Å²) in [6.45, 7) is 4.64. The maximum absolute atomic E-state index is 14.8. The van der Waals surface area contributed by atoms with Gasteiger partial charge in [0.1, 0.15) is 17.4 Å². The summed E-state index contributed by atoms with van der Waals surface area (Å²) in [5.74, 6) is 6.28. The first kappa shape index (κ1) is 23.8. The normalized spacial score (nSPS) is 11.4. The van der Waals surface area contributed by atoms with Crippen LogP contribution in [0.25, 0.3) is 22.3 Å². The van der Waals surface area contributed by atoms with Gasteiger partial charge < -0.3 is 4.74 Å². The molecule has 0 aromatic heterocycles. The Labute approximate surface area is 211 Å². The monoisotopic (exact) mass is 478 g/mol. The van der Waals surface area contributed by atoms with Gasteiger partial charge in [0.05, 0.1) is 12.2 Å². The fourth-order valence-electron chi connectivity index (χ4n) is 4.60. The average molecular weight is 479 g/mol. The second kappa shape index (κ2) is 10.4. The first-order chi connectivity index (χ1) is 17.5. The van der Waals surface area contributed by atoms with Crippen LogP contribution in [0, 0.1) is 30.4 Å². The molecule has 0 saturated carbocycles. The molecule has 4 aromatic carbocycles. The van der Waals surface area contributed by atoms with Crippen LogP contribution in [-0.2, 0) is 6.42 Å². The van der Waals surface area contributed by atoms with E-state index in [1.807, 2.05) is 12.1 Å². The molecule has 0 radical (unpaired) electrons. The lowest BCUT2D eigenvalue weighted by Gasteiger charge is -2.08. The van der Waals surface area contributed by atoms with Crippen molar-refractivity contribution < 1.29 is 13.5 Å². The molecule has 0 spiro atoms. The number of unbranched alkanes of at least 4 members (excludes halogenated alkanes) is 2. The van der Waals surface area contributed by atoms with E-state index >= 15 is 0 Å². The molecule has 3 heteroatoms. The lowest BCUT2D eigenvalue weighted by molar-refractivity contribution is 0.306. The van der Waals surface area contributed by atoms with E-state index in [0.717, 1.165) is 30.8 Å². The first-order valence-electron chi connectivity index (χ1n) is 12.5. The topological polar surface area (TPSA) is 9.23 Å². The third-order valence-corrected chi connectivity index (χ3v) is 6.69. The minimum absolute atomic E-state index is 0.300. The summed E-state index contributed by atoms with van der Waals surface area (Å²) in [6, 6.07) is 22.3. The van der Waals surface area contributed by atoms with Crippen LogP contribution >= 0.6 is 0 Å². The van der Waals surface area contributed by atoms with E-state index in [-0.39, 0.29) is 5.82 Å². The highest BCUT2D eigenvalue weighted by molar-refractivity contribution is 5.78. The summed E-state index contributed by atoms with van der Waals surface area (Å²) in [4.78, 5) is 0. The summed E-state index contributed by atoms with van der Waals surface area (Å²) in [5.41, 5.74) is 7.94. The quantitative estimate of drug-likeness (QED) is 0.176. The van der Waals surface area contributed by atoms with E-state index in [1.165, 1.54) is 47.2 Å². The van der Waals surface area contributed by atoms with Crippen LogP contribution in [0.1, 0.15) is 54.0 Å². The molecule has 0 amide bonds. The van der Waals surface area contributed by atoms with E-state index in [9.17, 15) is 8.78 Å². The number of hydrogen-bond acceptors (Lipinski definition) is 1. The SMILES string of the molecule is CCCCCOc1ccc2c(c1)Cc1cc(C#Cc3ccc(-c4ccc(C)c(F)c4)cc3F)ccc1-2. The smallest absolute Gasteiger partial charge is 0.139 e. The van der Waals surface area contributed by atoms with Crippen molar-refractivity contribution >= 4 is 0 Å². The zero-order chi connectivity index (χ0) is 25.1. The van der Waals surface area contributed by atoms with Crippen molar-refractivity contribution in [2.75, 3.05) is 6.61 Å². The van der Waals surface area contributed by atoms with Gasteiger partial charge in [-0.15, -0.1) is 0 Å². The van der Waals surface area contributed by atoms with E-state index < -0.39 is 5.82 Å². The minimum atomic E-state index is -0.416. The maximum atomic E-state index is 14.8. The lowest BCUT2D eigenvalue weighted by atomic mass is 10.0. The molecule has 1 aliphatic carbocycles. The lowest BCUT2D eigenvalue weighted by Crippen LogP contribution is -1.97. The third-order valence-electron chi connectivity index (χ3n) is 6.69. The van der Waals surface area contributed by atoms with Gasteiger partial charge in [0, 0.05) is 5.56 Å². The molecule has 1 nitrogen and oxygen atoms in total. The fraction of sp³-hybridized carbons (Fsp3) is 0.212. The molecule has 0 fully saturated rings. The van der Waals surface area contributed by atoms with Gasteiger partial charge in [-0.2, -0.15) is 0 Å². The molecule has 36 heavy (non-hydrogen) atoms. The second-order valence-electron chi connectivity index (χ2n) is 9.33. The summed E-state index contributed by atoms with van der Waals surface area (Å²) in [7, 11) is 0. The highest BCUT2D eigenvalue weighted by atomic mass is 19.1. The number of benzene rings is 4. The second-order valence-corrected chi connectivity index (χ2v) is 9.33. The van der Waals surface area contributed by atoms with Gasteiger partial charge in [0.2, 0.25) is 0 Å². The molecule has 0 saturated heterocycles. The molecule has 5 rings (SSSR count). The Hall–Kier alpha value is -3.90. The Morgan fingerprint density at radius 3 is 2.22 bits per heavy atom. The van der Waals surface area contributed by atoms with Crippen LogP contribution in [0.4, 0.5) is 8.78 Å². The van der Waals surface area contributed by atoms with Gasteiger partial charge in [-0.3, -0.25) is 0 Å². The number of rotatable bonds is 6. The Morgan fingerprint density at radius 1 is 0.750 bits per heavy atom. The third kappa shape index (κ3) is 5.04. The van der Waals surface area contributed by atoms with Crippen molar-refractivity contribution in [3.63, 3.8) is 0 Å². The summed E-state index contributed by atoms with van der Waals surface area (Å²) in [6.07, 6.45) is 4.27. The number of halogens is 2. The van der Waals surface area contributed by atoms with Gasteiger partial charge in [-0.05, 0) is 101 Å². The average Bonchev–Trinajstić information content (AvgIpc) is 3.24. The van der Waals surface area contributed by atoms with E-state index in [4.69, 9.17) is 4.74 Å². The zero-order valence-corrected chi connectivity index (χ0v) is 20.6. The van der Waals surface area contributed by atoms with Crippen LogP contribution < -0.4 is 4.74 Å². The molecule has 4 aromatic rings. The molecular weight excluding hydrogens is 450 g/mol. The maximum Gasteiger partial charge on any atom is 0.139 e. The molecule has 0 N–H and O–H groups in total. The van der Waals surface area contributed by atoms with Crippen LogP contribution in [0.2, 0.25) is 0 Å². The van der Waals surface area contributed by atoms with Crippen LogP contribution in [0.3, 0.4) is 0 Å². The Bertz CT molecular complexity index is 1490. The molecule has 0 atom stereocenters. The number of ether oxygens (including phenoxy) is 1. The van der Waals surface area contributed by atoms with Gasteiger partial charge in [0.25, 0.3) is 0 Å². The summed E-state index contributed by atoms with van der Waals surface area (Å²) in [5, 5.41) is 0. The molecule has 0 aliphatic heterocycles. The molecule has 0 bridgehead atoms. The van der Waals surface area contributed by atoms with Crippen LogP contribution in [-0.4, -0.2) is 6.61 Å². The number of hydrogen-bond donors (Lipinski definition) is 0. The van der Waals surface area contributed by atoms with Crippen LogP contribution in [0.15, 0.2) is 72.8 Å². The number of aryl methyl sites for hydroxylation is 1. The molecule has 0 heterocycles. The largest absolute Gasteiger partial charge is 0.494 e. The fourth-order valence-corrected chi connectivity index (χ4v) is 4.60. The molecule has 1 aliphatic rings. The minimum Gasteiger partial charge on any atom is -0.494 e. The molecular formula is C33H28F2O. The first-order valence-corrected chi connectivity index (χ1v) is 12.5. The van der Waals surface area contributed by atoms with Crippen molar-refractivity contribution in [2.24, 2.45) is 0 Å². The highest BCUT2D eigenvalue weighted by Gasteiger charge is 2.19. The summed E-state index contributed by atoms with van der Waals surface area (Å²) >= 11 is 0. The van der Waals surface area contributed by atoms with Gasteiger partial charge in [-0.1, -0.05) is 61.9 Å². The van der Waals surface area contributed by atoms with E-state index in [0.29, 0.717) is 22.3 Å². The Kier molecular flexibility index (Phi) is 6.87. The van der Waals surface area contributed by atoms with Crippen LogP contribution in [0.5, 0.6) is 5.75 Å². The van der Waals surface area contributed by atoms with Gasteiger partial charge in [-0.25, -0.2) is 8.78 Å². The van der Waals surface area contributed by atoms with Gasteiger partial charge >= 0.3 is 0 Å². The predicted octanol–water partition coefficient (Wildman–Crippen LogP) is 8.48. The summed E-state index contributed by atoms with van der Waals surface area (Å²) < 4.78 is 34.6. The Balaban J connectivity index is 1.32. The van der Waals surface area contributed by atoms with E-state index in [2.05, 4.69) is 43.0 Å². The Morgan fingerprint density at radius 2 is 1.47 bits per heavy atom. The van der Waals surface area contributed by atoms with E-state index in [1.54, 1.807) is 31.2 Å². The van der Waals surface area contributed by atoms with Gasteiger partial charge in [0.15, 0.2) is 0 Å². The van der Waals surface area contributed by atoms with Crippen molar-refractivity contribution in [2.45, 2.75) is 39.5 Å². The zero-order valence-electron chi connectivity index (χ0n) is 20.6. The van der Waals surface area contributed by atoms with Crippen molar-refractivity contribution in [3.8, 4) is 39.8 Å². The molecule has 180 valence electrons. The van der Waals surface area contributed by atoms with Crippen molar-refractivity contribution in [1.29, 1.82) is 0 Å². The van der Waals surface area contributed by atoms with Crippen molar-refractivity contribution in [3.05, 3.63) is 112 Å². The molecule has 0 unspecified atom stereocenters. The number of fused-ring (bicyclic) bond motifs is 3. The highest BCUT2D eigenvalue weighted by Crippen LogP contribution is 2.38. The predicted molar refractivity (Wildman–Crippen MR) is 142 cm³/mol.